The zero-order chi connectivity index (χ0) is 22.7. The van der Waals surface area contributed by atoms with Crippen LogP contribution in [0.1, 0.15) is 29.6 Å². The number of nitrogens with one attached hydrogen (secondary N) is 2. The van der Waals surface area contributed by atoms with Gasteiger partial charge in [-0.25, -0.2) is 13.4 Å². The number of sulfone groups is 1. The highest BCUT2D eigenvalue weighted by molar-refractivity contribution is 7.91. The first-order valence-corrected chi connectivity index (χ1v) is 11.9. The van der Waals surface area contributed by atoms with Gasteiger partial charge >= 0.3 is 0 Å². The first-order valence-electron chi connectivity index (χ1n) is 10.4. The van der Waals surface area contributed by atoms with E-state index >= 15 is 0 Å². The van der Waals surface area contributed by atoms with Crippen LogP contribution in [0.5, 0.6) is 0 Å². The van der Waals surface area contributed by atoms with E-state index in [4.69, 9.17) is 11.0 Å². The lowest BCUT2D eigenvalue weighted by atomic mass is 10.0. The molecule has 0 unspecified atom stereocenters. The summed E-state index contributed by atoms with van der Waals surface area (Å²) in [5.41, 5.74) is 6.31. The van der Waals surface area contributed by atoms with Gasteiger partial charge in [-0.15, -0.1) is 0 Å². The summed E-state index contributed by atoms with van der Waals surface area (Å²) >= 11 is 0. The van der Waals surface area contributed by atoms with Crippen molar-refractivity contribution in [1.82, 2.24) is 14.9 Å². The van der Waals surface area contributed by atoms with Crippen LogP contribution in [0.4, 0.5) is 5.69 Å². The van der Waals surface area contributed by atoms with Crippen LogP contribution in [0.2, 0.25) is 0 Å². The lowest BCUT2D eigenvalue weighted by Crippen LogP contribution is -2.39. The third-order valence-electron chi connectivity index (χ3n) is 5.70. The van der Waals surface area contributed by atoms with Gasteiger partial charge in [0, 0.05) is 43.7 Å². The number of anilines is 1. The van der Waals surface area contributed by atoms with Gasteiger partial charge in [-0.2, -0.15) is 5.26 Å². The van der Waals surface area contributed by atoms with E-state index in [0.717, 1.165) is 32.5 Å². The lowest BCUT2D eigenvalue weighted by Gasteiger charge is -2.33. The number of carbonyl (C=O) groups is 1. The molecule has 1 aromatic carbocycles. The maximum absolute atomic E-state index is 13.4. The largest absolute Gasteiger partial charge is 0.381 e. The second-order valence-corrected chi connectivity index (χ2v) is 9.62. The average Bonchev–Trinajstić information content (AvgIpc) is 3.27. The first-order chi connectivity index (χ1) is 15.4. The smallest absolute Gasteiger partial charge is 0.253 e. The predicted molar refractivity (Wildman–Crippen MR) is 120 cm³/mol. The SMILES string of the molecule is N#CCCN1CCC(Nc2c(C(N)=O)c(S(=O)(=O)c3ccccc3)nc3[nH]ccc23)CC1. The number of nitriles is 1. The number of aromatic amines is 1. The number of pyridine rings is 1. The third kappa shape index (κ3) is 4.17. The van der Waals surface area contributed by atoms with Gasteiger partial charge in [-0.3, -0.25) is 4.79 Å². The molecule has 0 saturated carbocycles. The van der Waals surface area contributed by atoms with Crippen LogP contribution < -0.4 is 11.1 Å². The summed E-state index contributed by atoms with van der Waals surface area (Å²) in [6.45, 7) is 2.34. The number of rotatable bonds is 7. The molecule has 3 heterocycles. The number of hydrogen-bond donors (Lipinski definition) is 3. The Morgan fingerprint density at radius 2 is 1.97 bits per heavy atom. The molecule has 9 nitrogen and oxygen atoms in total. The molecule has 0 aliphatic carbocycles. The normalized spacial score (nSPS) is 15.5. The molecule has 3 aromatic rings. The Morgan fingerprint density at radius 1 is 1.25 bits per heavy atom. The fraction of sp³-hybridized carbons (Fsp3) is 0.318. The molecule has 1 fully saturated rings. The van der Waals surface area contributed by atoms with Crippen LogP contribution in [0, 0.1) is 11.3 Å². The fourth-order valence-corrected chi connectivity index (χ4v) is 5.47. The van der Waals surface area contributed by atoms with Crippen LogP contribution in [-0.4, -0.2) is 54.9 Å². The number of carbonyl (C=O) groups excluding carboxylic acids is 1. The Hall–Kier alpha value is -3.42. The number of benzene rings is 1. The summed E-state index contributed by atoms with van der Waals surface area (Å²) in [5.74, 6) is -0.857. The number of H-pyrrole nitrogens is 1. The number of nitrogens with zero attached hydrogens (tertiary/aromatic N) is 3. The Kier molecular flexibility index (Phi) is 6.12. The molecule has 0 bridgehead atoms. The molecule has 1 aliphatic heterocycles. The fourth-order valence-electron chi connectivity index (χ4n) is 4.05. The molecule has 0 spiro atoms. The Labute approximate surface area is 186 Å². The topological polar surface area (TPSA) is 145 Å². The third-order valence-corrected chi connectivity index (χ3v) is 7.40. The number of fused-ring (bicyclic) bond motifs is 1. The number of aromatic nitrogens is 2. The standard InChI is InChI=1S/C22H24N6O3S/c23-10-4-12-28-13-8-15(9-14-28)26-19-17-7-11-25-21(17)27-22(18(19)20(24)29)32(30,31)16-5-2-1-3-6-16/h1-3,5-7,11,15H,4,8-9,12-14H2,(H2,24,29)(H2,25,26,27). The average molecular weight is 453 g/mol. The van der Waals surface area contributed by atoms with Crippen LogP contribution in [0.15, 0.2) is 52.5 Å². The van der Waals surface area contributed by atoms with Crippen molar-refractivity contribution in [3.8, 4) is 6.07 Å². The monoisotopic (exact) mass is 452 g/mol. The number of primary amides is 1. The highest BCUT2D eigenvalue weighted by Gasteiger charge is 2.31. The molecular weight excluding hydrogens is 428 g/mol. The number of piperidine rings is 1. The highest BCUT2D eigenvalue weighted by atomic mass is 32.2. The van der Waals surface area contributed by atoms with Crippen molar-refractivity contribution >= 4 is 32.5 Å². The lowest BCUT2D eigenvalue weighted by molar-refractivity contribution is 0.0997. The summed E-state index contributed by atoms with van der Waals surface area (Å²) in [6, 6.07) is 11.8. The molecule has 1 amide bonds. The second-order valence-electron chi connectivity index (χ2n) is 7.76. The maximum Gasteiger partial charge on any atom is 0.253 e. The molecule has 0 atom stereocenters. The summed E-state index contributed by atoms with van der Waals surface area (Å²) in [7, 11) is -4.08. The van der Waals surface area contributed by atoms with Crippen molar-refractivity contribution < 1.29 is 13.2 Å². The molecule has 1 aliphatic rings. The van der Waals surface area contributed by atoms with Crippen molar-refractivity contribution in [3.05, 3.63) is 48.2 Å². The molecule has 4 N–H and O–H groups in total. The van der Waals surface area contributed by atoms with Crippen molar-refractivity contribution in [2.24, 2.45) is 5.73 Å². The predicted octanol–water partition coefficient (Wildman–Crippen LogP) is 2.28. The number of hydrogen-bond acceptors (Lipinski definition) is 7. The molecule has 10 heteroatoms. The van der Waals surface area contributed by atoms with Gasteiger partial charge in [0.25, 0.3) is 5.91 Å². The minimum atomic E-state index is -4.08. The van der Waals surface area contributed by atoms with Crippen molar-refractivity contribution in [2.45, 2.75) is 35.2 Å². The van der Waals surface area contributed by atoms with Gasteiger partial charge in [0.15, 0.2) is 5.03 Å². The van der Waals surface area contributed by atoms with Gasteiger partial charge in [0.1, 0.15) is 11.2 Å². The van der Waals surface area contributed by atoms with Crippen molar-refractivity contribution in [2.75, 3.05) is 25.0 Å². The maximum atomic E-state index is 13.4. The van der Waals surface area contributed by atoms with Crippen LogP contribution >= 0.6 is 0 Å². The van der Waals surface area contributed by atoms with E-state index in [9.17, 15) is 13.2 Å². The minimum absolute atomic E-state index is 0.0271. The molecule has 4 rings (SSSR count). The molecule has 166 valence electrons. The quantitative estimate of drug-likeness (QED) is 0.498. The molecule has 0 radical (unpaired) electrons. The number of likely N-dealkylation sites (tertiary alicyclic amines) is 1. The second kappa shape index (κ2) is 8.98. The zero-order valence-electron chi connectivity index (χ0n) is 17.4. The van der Waals surface area contributed by atoms with Gasteiger partial charge in [0.2, 0.25) is 9.84 Å². The first kappa shape index (κ1) is 21.8. The molecule has 1 saturated heterocycles. The molecular formula is C22H24N6O3S. The van der Waals surface area contributed by atoms with Gasteiger partial charge in [0.05, 0.1) is 16.7 Å². The van der Waals surface area contributed by atoms with Crippen LogP contribution in [-0.2, 0) is 9.84 Å². The number of nitrogens with two attached hydrogens (primary N) is 1. The van der Waals surface area contributed by atoms with Crippen molar-refractivity contribution in [3.63, 3.8) is 0 Å². The van der Waals surface area contributed by atoms with E-state index in [1.54, 1.807) is 30.5 Å². The highest BCUT2D eigenvalue weighted by Crippen LogP contribution is 2.34. The summed E-state index contributed by atoms with van der Waals surface area (Å²) in [5, 5.41) is 12.4. The molecule has 2 aromatic heterocycles. The Bertz CT molecular complexity index is 1270. The molecule has 32 heavy (non-hydrogen) atoms. The summed E-state index contributed by atoms with van der Waals surface area (Å²) in [6.07, 6.45) is 3.72. The van der Waals surface area contributed by atoms with Gasteiger partial charge < -0.3 is 20.9 Å². The van der Waals surface area contributed by atoms with Crippen LogP contribution in [0.3, 0.4) is 0 Å². The van der Waals surface area contributed by atoms with E-state index in [0.29, 0.717) is 23.1 Å². The van der Waals surface area contributed by atoms with E-state index in [1.807, 2.05) is 0 Å². The van der Waals surface area contributed by atoms with E-state index in [-0.39, 0.29) is 21.5 Å². The summed E-state index contributed by atoms with van der Waals surface area (Å²) in [4.78, 5) is 22.0. The van der Waals surface area contributed by atoms with E-state index in [1.165, 1.54) is 12.1 Å². The summed E-state index contributed by atoms with van der Waals surface area (Å²) < 4.78 is 26.7. The minimum Gasteiger partial charge on any atom is -0.381 e. The van der Waals surface area contributed by atoms with Crippen molar-refractivity contribution in [1.29, 1.82) is 5.26 Å². The van der Waals surface area contributed by atoms with E-state index in [2.05, 4.69) is 26.3 Å². The van der Waals surface area contributed by atoms with Crippen LogP contribution in [0.25, 0.3) is 11.0 Å². The Balaban J connectivity index is 1.75. The Morgan fingerprint density at radius 3 is 2.62 bits per heavy atom. The van der Waals surface area contributed by atoms with Gasteiger partial charge in [-0.05, 0) is 31.0 Å². The van der Waals surface area contributed by atoms with E-state index < -0.39 is 15.7 Å². The zero-order valence-corrected chi connectivity index (χ0v) is 18.2. The number of amides is 1. The van der Waals surface area contributed by atoms with Gasteiger partial charge in [-0.1, -0.05) is 18.2 Å².